The Bertz CT molecular complexity index is 1240. The molecule has 1 fully saturated rings. The maximum Gasteiger partial charge on any atom is 0.244 e. The van der Waals surface area contributed by atoms with E-state index in [1.807, 2.05) is 0 Å². The molecule has 0 aromatic heterocycles. The summed E-state index contributed by atoms with van der Waals surface area (Å²) >= 11 is 6.15. The van der Waals surface area contributed by atoms with Gasteiger partial charge in [0.15, 0.2) is 5.78 Å². The van der Waals surface area contributed by atoms with Crippen molar-refractivity contribution in [1.29, 1.82) is 0 Å². The maximum atomic E-state index is 13.7. The number of hydrogen-bond donors (Lipinski definition) is 1. The molecule has 0 aliphatic heterocycles. The van der Waals surface area contributed by atoms with Crippen molar-refractivity contribution in [2.24, 2.45) is 0 Å². The highest BCUT2D eigenvalue weighted by Crippen LogP contribution is 2.22. The molecule has 8 nitrogen and oxygen atoms in total. The van der Waals surface area contributed by atoms with Gasteiger partial charge in [0, 0.05) is 23.2 Å². The Morgan fingerprint density at radius 3 is 2.35 bits per heavy atom. The molecule has 1 N–H and O–H groups in total. The van der Waals surface area contributed by atoms with Crippen LogP contribution in [0.25, 0.3) is 0 Å². The fourth-order valence-electron chi connectivity index (χ4n) is 4.48. The molecule has 0 heterocycles. The Hall–Kier alpha value is -2.91. The van der Waals surface area contributed by atoms with Crippen LogP contribution in [0, 0.1) is 0 Å². The molecule has 1 unspecified atom stereocenters. The number of hydrogen-bond acceptors (Lipinski definition) is 5. The summed E-state index contributed by atoms with van der Waals surface area (Å²) in [5.41, 5.74) is 1.24. The topological polar surface area (TPSA) is 104 Å². The minimum Gasteiger partial charge on any atom is -0.352 e. The summed E-state index contributed by atoms with van der Waals surface area (Å²) in [5.74, 6) is -1.06. The molecule has 2 aromatic rings. The number of nitrogens with one attached hydrogen (secondary N) is 1. The number of amides is 2. The lowest BCUT2D eigenvalue weighted by Gasteiger charge is -2.33. The standard InChI is InChI=1S/C27H34ClN3O5S/c1-19(27(34)29-24-12-5-4-6-13-24)30(17-21-9-7-11-23(28)15-21)26(33)18-31(37(3,35)36)25-14-8-10-22(16-25)20(2)32/h7-11,14-16,19,24H,4-6,12-13,17-18H2,1-3H3,(H,29,34). The Morgan fingerprint density at radius 2 is 1.73 bits per heavy atom. The van der Waals surface area contributed by atoms with Crippen molar-refractivity contribution in [2.75, 3.05) is 17.1 Å². The van der Waals surface area contributed by atoms with Crippen molar-refractivity contribution in [3.8, 4) is 0 Å². The molecule has 0 saturated heterocycles. The number of rotatable bonds is 10. The zero-order valence-electron chi connectivity index (χ0n) is 21.4. The molecule has 0 spiro atoms. The predicted octanol–water partition coefficient (Wildman–Crippen LogP) is 4.17. The Morgan fingerprint density at radius 1 is 1.05 bits per heavy atom. The first-order valence-electron chi connectivity index (χ1n) is 12.4. The van der Waals surface area contributed by atoms with Gasteiger partial charge in [0.1, 0.15) is 12.6 Å². The quantitative estimate of drug-likeness (QED) is 0.449. The van der Waals surface area contributed by atoms with E-state index in [0.29, 0.717) is 16.1 Å². The van der Waals surface area contributed by atoms with Crippen LogP contribution >= 0.6 is 11.6 Å². The largest absolute Gasteiger partial charge is 0.352 e. The summed E-state index contributed by atoms with van der Waals surface area (Å²) in [4.78, 5) is 40.1. The van der Waals surface area contributed by atoms with E-state index in [0.717, 1.165) is 42.7 Å². The smallest absolute Gasteiger partial charge is 0.244 e. The molecule has 200 valence electrons. The van der Waals surface area contributed by atoms with Gasteiger partial charge in [-0.3, -0.25) is 18.7 Å². The van der Waals surface area contributed by atoms with Crippen molar-refractivity contribution < 1.29 is 22.8 Å². The molecule has 1 atom stereocenters. The summed E-state index contributed by atoms with van der Waals surface area (Å²) in [6, 6.07) is 12.3. The third-order valence-corrected chi connectivity index (χ3v) is 7.96. The normalized spacial score (nSPS) is 15.0. The number of benzene rings is 2. The van der Waals surface area contributed by atoms with E-state index in [9.17, 15) is 22.8 Å². The summed E-state index contributed by atoms with van der Waals surface area (Å²) < 4.78 is 26.4. The van der Waals surface area contributed by atoms with Crippen LogP contribution in [0.15, 0.2) is 48.5 Å². The number of carbonyl (C=O) groups excluding carboxylic acids is 3. The van der Waals surface area contributed by atoms with Gasteiger partial charge < -0.3 is 10.2 Å². The average molecular weight is 548 g/mol. The average Bonchev–Trinajstić information content (AvgIpc) is 2.85. The molecule has 1 aliphatic rings. The second kappa shape index (κ2) is 12.6. The van der Waals surface area contributed by atoms with Crippen LogP contribution in [-0.4, -0.2) is 55.8 Å². The summed E-state index contributed by atoms with van der Waals surface area (Å²) in [6.45, 7) is 2.57. The molecule has 3 rings (SSSR count). The Labute approximate surface area is 224 Å². The van der Waals surface area contributed by atoms with Crippen LogP contribution in [0.1, 0.15) is 61.9 Å². The highest BCUT2D eigenvalue weighted by Gasteiger charge is 2.31. The number of Topliss-reactive ketones (excluding diaryl/α,β-unsaturated/α-hetero) is 1. The first kappa shape index (κ1) is 28.7. The van der Waals surface area contributed by atoms with Crippen LogP contribution in [0.3, 0.4) is 0 Å². The number of ketones is 1. The van der Waals surface area contributed by atoms with Gasteiger partial charge in [-0.15, -0.1) is 0 Å². The lowest BCUT2D eigenvalue weighted by molar-refractivity contribution is -0.139. The van der Waals surface area contributed by atoms with Crippen LogP contribution in [0.5, 0.6) is 0 Å². The molecule has 0 bridgehead atoms. The van der Waals surface area contributed by atoms with E-state index in [-0.39, 0.29) is 30.0 Å². The summed E-state index contributed by atoms with van der Waals surface area (Å²) in [6.07, 6.45) is 6.04. The van der Waals surface area contributed by atoms with Crippen molar-refractivity contribution >= 4 is 44.9 Å². The number of sulfonamides is 1. The van der Waals surface area contributed by atoms with Crippen LogP contribution in [0.2, 0.25) is 5.02 Å². The number of anilines is 1. The lowest BCUT2D eigenvalue weighted by Crippen LogP contribution is -2.53. The van der Waals surface area contributed by atoms with Gasteiger partial charge in [0.2, 0.25) is 21.8 Å². The van der Waals surface area contributed by atoms with E-state index < -0.39 is 28.5 Å². The fraction of sp³-hybridized carbons (Fsp3) is 0.444. The molecule has 2 amide bonds. The van der Waals surface area contributed by atoms with E-state index in [4.69, 9.17) is 11.6 Å². The van der Waals surface area contributed by atoms with Gasteiger partial charge in [-0.05, 0) is 56.5 Å². The van der Waals surface area contributed by atoms with E-state index in [1.165, 1.54) is 24.0 Å². The second-order valence-corrected chi connectivity index (χ2v) is 11.9. The zero-order chi connectivity index (χ0) is 27.2. The van der Waals surface area contributed by atoms with Gasteiger partial charge in [-0.1, -0.05) is 55.1 Å². The van der Waals surface area contributed by atoms with E-state index >= 15 is 0 Å². The second-order valence-electron chi connectivity index (χ2n) is 9.55. The van der Waals surface area contributed by atoms with Gasteiger partial charge in [0.25, 0.3) is 0 Å². The molecular weight excluding hydrogens is 514 g/mol. The molecular formula is C27H34ClN3O5S. The minimum atomic E-state index is -3.88. The molecule has 2 aromatic carbocycles. The number of nitrogens with zero attached hydrogens (tertiary/aromatic N) is 2. The van der Waals surface area contributed by atoms with E-state index in [1.54, 1.807) is 43.3 Å². The van der Waals surface area contributed by atoms with E-state index in [2.05, 4.69) is 5.32 Å². The zero-order valence-corrected chi connectivity index (χ0v) is 23.0. The Kier molecular flexibility index (Phi) is 9.73. The van der Waals surface area contributed by atoms with Crippen molar-refractivity contribution in [3.63, 3.8) is 0 Å². The van der Waals surface area contributed by atoms with Crippen molar-refractivity contribution in [3.05, 3.63) is 64.7 Å². The highest BCUT2D eigenvalue weighted by atomic mass is 35.5. The number of halogens is 1. The third-order valence-electron chi connectivity index (χ3n) is 6.58. The minimum absolute atomic E-state index is 0.0636. The van der Waals surface area contributed by atoms with Gasteiger partial charge in [-0.2, -0.15) is 0 Å². The molecule has 1 saturated carbocycles. The monoisotopic (exact) mass is 547 g/mol. The Balaban J connectivity index is 1.90. The molecule has 10 heteroatoms. The van der Waals surface area contributed by atoms with Crippen molar-refractivity contribution in [1.82, 2.24) is 10.2 Å². The summed E-state index contributed by atoms with van der Waals surface area (Å²) in [5, 5.41) is 3.55. The lowest BCUT2D eigenvalue weighted by atomic mass is 9.95. The summed E-state index contributed by atoms with van der Waals surface area (Å²) in [7, 11) is -3.88. The first-order chi connectivity index (χ1) is 17.5. The third kappa shape index (κ3) is 8.04. The first-order valence-corrected chi connectivity index (χ1v) is 14.6. The van der Waals surface area contributed by atoms with Gasteiger partial charge >= 0.3 is 0 Å². The van der Waals surface area contributed by atoms with Gasteiger partial charge in [-0.25, -0.2) is 8.42 Å². The van der Waals surface area contributed by atoms with Crippen LogP contribution < -0.4 is 9.62 Å². The molecule has 1 aliphatic carbocycles. The number of carbonyl (C=O) groups is 3. The SMILES string of the molecule is CC(=O)c1cccc(N(CC(=O)N(Cc2cccc(Cl)c2)C(C)C(=O)NC2CCCCC2)S(C)(=O)=O)c1. The molecule has 37 heavy (non-hydrogen) atoms. The maximum absolute atomic E-state index is 13.7. The fourth-order valence-corrected chi connectivity index (χ4v) is 5.53. The highest BCUT2D eigenvalue weighted by molar-refractivity contribution is 7.92. The molecule has 0 radical (unpaired) electrons. The van der Waals surface area contributed by atoms with Crippen molar-refractivity contribution in [2.45, 2.75) is 64.6 Å². The van der Waals surface area contributed by atoms with Crippen LogP contribution in [0.4, 0.5) is 5.69 Å². The van der Waals surface area contributed by atoms with Crippen LogP contribution in [-0.2, 0) is 26.2 Å². The van der Waals surface area contributed by atoms with Gasteiger partial charge in [0.05, 0.1) is 11.9 Å². The predicted molar refractivity (Wildman–Crippen MR) is 145 cm³/mol.